The highest BCUT2D eigenvalue weighted by Gasteiger charge is 2.28. The fourth-order valence-corrected chi connectivity index (χ4v) is 3.60. The van der Waals surface area contributed by atoms with Crippen molar-refractivity contribution in [2.45, 2.75) is 25.9 Å². The van der Waals surface area contributed by atoms with Gasteiger partial charge in [0.05, 0.1) is 5.69 Å². The zero-order valence-corrected chi connectivity index (χ0v) is 15.1. The highest BCUT2D eigenvalue weighted by molar-refractivity contribution is 5.41. The lowest BCUT2D eigenvalue weighted by molar-refractivity contribution is 0.162. The van der Waals surface area contributed by atoms with Crippen LogP contribution in [0, 0.1) is 0 Å². The van der Waals surface area contributed by atoms with Crippen LogP contribution >= 0.6 is 0 Å². The molecule has 0 saturated carbocycles. The van der Waals surface area contributed by atoms with E-state index in [-0.39, 0.29) is 0 Å². The molecule has 0 spiro atoms. The van der Waals surface area contributed by atoms with E-state index in [4.69, 9.17) is 0 Å². The molecule has 1 saturated heterocycles. The van der Waals surface area contributed by atoms with Crippen molar-refractivity contribution < 1.29 is 0 Å². The van der Waals surface area contributed by atoms with Gasteiger partial charge in [-0.2, -0.15) is 4.68 Å². The average molecular weight is 348 g/mol. The standard InChI is InChI=1S/C20H24N6/c1-2-18-16-25(14-13-24(18)15-17-9-5-3-6-10-17)20-21-22-23-26(20)19-11-7-4-8-12-19/h3-12,18H,2,13-16H2,1H3. The van der Waals surface area contributed by atoms with Crippen molar-refractivity contribution in [3.63, 3.8) is 0 Å². The summed E-state index contributed by atoms with van der Waals surface area (Å²) in [6, 6.07) is 21.3. The summed E-state index contributed by atoms with van der Waals surface area (Å²) in [5.41, 5.74) is 2.36. The van der Waals surface area contributed by atoms with Gasteiger partial charge in [-0.3, -0.25) is 4.90 Å². The number of piperazine rings is 1. The number of nitrogens with zero attached hydrogens (tertiary/aromatic N) is 6. The van der Waals surface area contributed by atoms with Crippen LogP contribution in [-0.2, 0) is 6.54 Å². The molecule has 1 fully saturated rings. The second-order valence-corrected chi connectivity index (χ2v) is 6.69. The zero-order valence-electron chi connectivity index (χ0n) is 15.1. The Morgan fingerprint density at radius 2 is 1.69 bits per heavy atom. The van der Waals surface area contributed by atoms with Crippen molar-refractivity contribution in [2.24, 2.45) is 0 Å². The summed E-state index contributed by atoms with van der Waals surface area (Å²) < 4.78 is 1.83. The Morgan fingerprint density at radius 3 is 2.42 bits per heavy atom. The van der Waals surface area contributed by atoms with E-state index in [1.165, 1.54) is 5.56 Å². The molecular weight excluding hydrogens is 324 g/mol. The summed E-state index contributed by atoms with van der Waals surface area (Å²) in [5.74, 6) is 0.828. The van der Waals surface area contributed by atoms with E-state index in [1.54, 1.807) is 0 Å². The van der Waals surface area contributed by atoms with Crippen molar-refractivity contribution in [3.05, 3.63) is 66.2 Å². The third-order valence-corrected chi connectivity index (χ3v) is 5.04. The molecule has 0 radical (unpaired) electrons. The summed E-state index contributed by atoms with van der Waals surface area (Å²) in [4.78, 5) is 4.88. The van der Waals surface area contributed by atoms with E-state index in [0.717, 1.165) is 44.2 Å². The Bertz CT molecular complexity index is 817. The van der Waals surface area contributed by atoms with Crippen molar-refractivity contribution in [1.29, 1.82) is 0 Å². The molecule has 0 aliphatic carbocycles. The number of aromatic nitrogens is 4. The quantitative estimate of drug-likeness (QED) is 0.710. The Balaban J connectivity index is 1.50. The van der Waals surface area contributed by atoms with Crippen LogP contribution in [0.5, 0.6) is 0 Å². The lowest BCUT2D eigenvalue weighted by atomic mass is 10.1. The van der Waals surface area contributed by atoms with Crippen LogP contribution in [0.1, 0.15) is 18.9 Å². The van der Waals surface area contributed by atoms with Gasteiger partial charge in [-0.15, -0.1) is 0 Å². The fraction of sp³-hybridized carbons (Fsp3) is 0.350. The smallest absolute Gasteiger partial charge is 0.250 e. The second kappa shape index (κ2) is 7.66. The number of anilines is 1. The van der Waals surface area contributed by atoms with E-state index in [0.29, 0.717) is 6.04 Å². The first-order valence-electron chi connectivity index (χ1n) is 9.22. The largest absolute Gasteiger partial charge is 0.337 e. The van der Waals surface area contributed by atoms with Crippen molar-refractivity contribution in [2.75, 3.05) is 24.5 Å². The third kappa shape index (κ3) is 3.46. The van der Waals surface area contributed by atoms with Crippen LogP contribution in [0.4, 0.5) is 5.95 Å². The molecule has 2 aromatic carbocycles. The normalized spacial score (nSPS) is 18.2. The van der Waals surface area contributed by atoms with Gasteiger partial charge in [0.15, 0.2) is 0 Å². The number of benzene rings is 2. The second-order valence-electron chi connectivity index (χ2n) is 6.69. The monoisotopic (exact) mass is 348 g/mol. The molecule has 6 heteroatoms. The van der Waals surface area contributed by atoms with Gasteiger partial charge in [0.25, 0.3) is 0 Å². The van der Waals surface area contributed by atoms with Gasteiger partial charge in [-0.1, -0.05) is 60.6 Å². The fourth-order valence-electron chi connectivity index (χ4n) is 3.60. The van der Waals surface area contributed by atoms with E-state index >= 15 is 0 Å². The zero-order chi connectivity index (χ0) is 17.8. The Hall–Kier alpha value is -2.73. The van der Waals surface area contributed by atoms with Crippen LogP contribution in [0.2, 0.25) is 0 Å². The summed E-state index contributed by atoms with van der Waals surface area (Å²) >= 11 is 0. The number of tetrazole rings is 1. The van der Waals surface area contributed by atoms with Crippen LogP contribution < -0.4 is 4.90 Å². The first-order chi connectivity index (χ1) is 12.8. The molecule has 1 aliphatic heterocycles. The lowest BCUT2D eigenvalue weighted by Crippen LogP contribution is -2.53. The maximum Gasteiger partial charge on any atom is 0.250 e. The molecule has 0 bridgehead atoms. The maximum absolute atomic E-state index is 4.30. The molecule has 1 aliphatic rings. The number of para-hydroxylation sites is 1. The minimum atomic E-state index is 0.491. The molecule has 3 aromatic rings. The van der Waals surface area contributed by atoms with Crippen LogP contribution in [0.3, 0.4) is 0 Å². The molecule has 0 amide bonds. The Morgan fingerprint density at radius 1 is 0.962 bits per heavy atom. The maximum atomic E-state index is 4.30. The topological polar surface area (TPSA) is 50.1 Å². The van der Waals surface area contributed by atoms with Gasteiger partial charge in [-0.05, 0) is 34.5 Å². The Kier molecular flexibility index (Phi) is 4.93. The predicted molar refractivity (Wildman–Crippen MR) is 102 cm³/mol. The van der Waals surface area contributed by atoms with Gasteiger partial charge in [0, 0.05) is 32.2 Å². The van der Waals surface area contributed by atoms with Gasteiger partial charge in [0.2, 0.25) is 5.95 Å². The molecule has 26 heavy (non-hydrogen) atoms. The minimum absolute atomic E-state index is 0.491. The van der Waals surface area contributed by atoms with Gasteiger partial charge < -0.3 is 4.90 Å². The van der Waals surface area contributed by atoms with E-state index < -0.39 is 0 Å². The first-order valence-corrected chi connectivity index (χ1v) is 9.22. The molecule has 1 unspecified atom stereocenters. The first kappa shape index (κ1) is 16.7. The van der Waals surface area contributed by atoms with E-state index in [9.17, 15) is 0 Å². The number of rotatable bonds is 5. The van der Waals surface area contributed by atoms with Crippen LogP contribution in [-0.4, -0.2) is 50.8 Å². The van der Waals surface area contributed by atoms with E-state index in [1.807, 2.05) is 35.0 Å². The molecule has 6 nitrogen and oxygen atoms in total. The molecule has 2 heterocycles. The highest BCUT2D eigenvalue weighted by atomic mass is 15.6. The molecule has 0 N–H and O–H groups in total. The number of hydrogen-bond donors (Lipinski definition) is 0. The summed E-state index contributed by atoms with van der Waals surface area (Å²) in [6.07, 6.45) is 1.11. The summed E-state index contributed by atoms with van der Waals surface area (Å²) in [5, 5.41) is 12.4. The highest BCUT2D eigenvalue weighted by Crippen LogP contribution is 2.22. The lowest BCUT2D eigenvalue weighted by Gasteiger charge is -2.41. The van der Waals surface area contributed by atoms with Gasteiger partial charge in [-0.25, -0.2) is 0 Å². The van der Waals surface area contributed by atoms with Crippen LogP contribution in [0.15, 0.2) is 60.7 Å². The SMILES string of the molecule is CCC1CN(c2nnnn2-c2ccccc2)CCN1Cc1ccccc1. The third-order valence-electron chi connectivity index (χ3n) is 5.04. The molecule has 4 rings (SSSR count). The molecule has 1 aromatic heterocycles. The Labute approximate surface area is 154 Å². The van der Waals surface area contributed by atoms with Crippen molar-refractivity contribution in [1.82, 2.24) is 25.1 Å². The van der Waals surface area contributed by atoms with E-state index in [2.05, 4.69) is 62.6 Å². The minimum Gasteiger partial charge on any atom is -0.337 e. The summed E-state index contributed by atoms with van der Waals surface area (Å²) in [7, 11) is 0. The van der Waals surface area contributed by atoms with Crippen LogP contribution in [0.25, 0.3) is 5.69 Å². The summed E-state index contributed by atoms with van der Waals surface area (Å²) in [6.45, 7) is 6.13. The predicted octanol–water partition coefficient (Wildman–Crippen LogP) is 2.76. The molecule has 134 valence electrons. The van der Waals surface area contributed by atoms with Gasteiger partial charge in [0.1, 0.15) is 0 Å². The average Bonchev–Trinajstić information content (AvgIpc) is 3.20. The molecule has 1 atom stereocenters. The van der Waals surface area contributed by atoms with Crippen molar-refractivity contribution in [3.8, 4) is 5.69 Å². The van der Waals surface area contributed by atoms with Gasteiger partial charge >= 0.3 is 0 Å². The van der Waals surface area contributed by atoms with Crippen molar-refractivity contribution >= 4 is 5.95 Å². The molecular formula is C20H24N6. The number of hydrogen-bond acceptors (Lipinski definition) is 5.